The molecule has 36 heavy (non-hydrogen) atoms. The van der Waals surface area contributed by atoms with Crippen molar-refractivity contribution in [3.05, 3.63) is 47.0 Å². The average Bonchev–Trinajstić information content (AvgIpc) is 2.87. The summed E-state index contributed by atoms with van der Waals surface area (Å²) in [6, 6.07) is 10.3. The van der Waals surface area contributed by atoms with E-state index < -0.39 is 6.10 Å². The molecule has 0 spiro atoms. The van der Waals surface area contributed by atoms with Crippen LogP contribution in [0.4, 0.5) is 11.4 Å². The number of phenols is 1. The van der Waals surface area contributed by atoms with E-state index in [1.165, 1.54) is 51.4 Å². The topological polar surface area (TPSA) is 84.6 Å². The van der Waals surface area contributed by atoms with Crippen LogP contribution < -0.4 is 15.8 Å². The van der Waals surface area contributed by atoms with Crippen LogP contribution in [0.25, 0.3) is 0 Å². The van der Waals surface area contributed by atoms with Gasteiger partial charge in [0.1, 0.15) is 11.5 Å². The molecule has 2 atom stereocenters. The van der Waals surface area contributed by atoms with Gasteiger partial charge >= 0.3 is 0 Å². The normalized spacial score (nSPS) is 12.8. The predicted molar refractivity (Wildman–Crippen MR) is 152 cm³/mol. The minimum atomic E-state index is -0.648. The van der Waals surface area contributed by atoms with Gasteiger partial charge in [-0.3, -0.25) is 4.79 Å². The first-order valence-corrected chi connectivity index (χ1v) is 14.1. The number of hydrogen-bond donors (Lipinski definition) is 3. The summed E-state index contributed by atoms with van der Waals surface area (Å²) in [6.45, 7) is 6.39. The standard InChI is InChI=1S/C30H45ClN2O3/c1-4-6-7-8-9-10-11-12-13-14-15-29(30(35)33-23-16-18-26(31)27(32)20-23)36-24-17-19-28(34)25(21-24)22(3)5-2/h16-22,29,34H,4-15,32H2,1-3H3,(H,33,35). The van der Waals surface area contributed by atoms with Gasteiger partial charge in [0.2, 0.25) is 0 Å². The number of nitrogen functional groups attached to an aromatic ring is 1. The van der Waals surface area contributed by atoms with Crippen molar-refractivity contribution in [1.82, 2.24) is 0 Å². The highest BCUT2D eigenvalue weighted by Gasteiger charge is 2.22. The Kier molecular flexibility index (Phi) is 13.6. The van der Waals surface area contributed by atoms with Gasteiger partial charge in [-0.05, 0) is 61.6 Å². The van der Waals surface area contributed by atoms with Gasteiger partial charge in [0, 0.05) is 11.3 Å². The molecular weight excluding hydrogens is 472 g/mol. The summed E-state index contributed by atoms with van der Waals surface area (Å²) in [6.07, 6.45) is 13.2. The molecule has 1 amide bonds. The second-order valence-electron chi connectivity index (χ2n) is 9.83. The molecule has 4 N–H and O–H groups in total. The Morgan fingerprint density at radius 2 is 1.61 bits per heavy atom. The molecule has 0 aliphatic carbocycles. The summed E-state index contributed by atoms with van der Waals surface area (Å²) in [4.78, 5) is 13.2. The fourth-order valence-electron chi connectivity index (χ4n) is 4.29. The number of amides is 1. The maximum absolute atomic E-state index is 13.2. The minimum Gasteiger partial charge on any atom is -0.508 e. The number of hydrogen-bond acceptors (Lipinski definition) is 4. The van der Waals surface area contributed by atoms with Crippen LogP contribution in [0.1, 0.15) is 109 Å². The number of carbonyl (C=O) groups is 1. The van der Waals surface area contributed by atoms with Gasteiger partial charge in [-0.25, -0.2) is 0 Å². The van der Waals surface area contributed by atoms with E-state index in [2.05, 4.69) is 26.1 Å². The molecule has 6 heteroatoms. The van der Waals surface area contributed by atoms with E-state index in [9.17, 15) is 9.90 Å². The third kappa shape index (κ3) is 10.3. The second-order valence-corrected chi connectivity index (χ2v) is 10.2. The summed E-state index contributed by atoms with van der Waals surface area (Å²) in [5, 5.41) is 13.6. The number of anilines is 2. The molecule has 0 heterocycles. The lowest BCUT2D eigenvalue weighted by molar-refractivity contribution is -0.123. The Morgan fingerprint density at radius 1 is 0.972 bits per heavy atom. The molecule has 2 unspecified atom stereocenters. The van der Waals surface area contributed by atoms with Gasteiger partial charge in [-0.15, -0.1) is 0 Å². The number of carbonyl (C=O) groups excluding carboxylic acids is 1. The fourth-order valence-corrected chi connectivity index (χ4v) is 4.41. The lowest BCUT2D eigenvalue weighted by Gasteiger charge is -2.21. The number of ether oxygens (including phenoxy) is 1. The summed E-state index contributed by atoms with van der Waals surface area (Å²) in [5.41, 5.74) is 7.74. The largest absolute Gasteiger partial charge is 0.508 e. The molecule has 0 aliphatic heterocycles. The van der Waals surface area contributed by atoms with Crippen molar-refractivity contribution >= 4 is 28.9 Å². The number of nitrogens with two attached hydrogens (primary N) is 1. The highest BCUT2D eigenvalue weighted by molar-refractivity contribution is 6.33. The first kappa shape index (κ1) is 29.8. The molecule has 2 rings (SSSR count). The SMILES string of the molecule is CCCCCCCCCCCCC(Oc1ccc(O)c(C(C)CC)c1)C(=O)Nc1ccc(Cl)c(N)c1. The van der Waals surface area contributed by atoms with E-state index >= 15 is 0 Å². The summed E-state index contributed by atoms with van der Waals surface area (Å²) < 4.78 is 6.19. The van der Waals surface area contributed by atoms with Crippen molar-refractivity contribution in [3.63, 3.8) is 0 Å². The third-order valence-corrected chi connectivity index (χ3v) is 7.14. The molecule has 0 fully saturated rings. The molecule has 2 aromatic rings. The van der Waals surface area contributed by atoms with Crippen LogP contribution >= 0.6 is 11.6 Å². The van der Waals surface area contributed by atoms with Gasteiger partial charge in [0.25, 0.3) is 5.91 Å². The van der Waals surface area contributed by atoms with Gasteiger partial charge in [-0.1, -0.05) is 90.2 Å². The number of rotatable bonds is 17. The van der Waals surface area contributed by atoms with Crippen molar-refractivity contribution in [3.8, 4) is 11.5 Å². The Morgan fingerprint density at radius 3 is 2.22 bits per heavy atom. The second kappa shape index (κ2) is 16.4. The van der Waals surface area contributed by atoms with Crippen molar-refractivity contribution in [2.75, 3.05) is 11.1 Å². The molecule has 0 aromatic heterocycles. The molecule has 5 nitrogen and oxygen atoms in total. The third-order valence-electron chi connectivity index (χ3n) is 6.80. The maximum atomic E-state index is 13.2. The van der Waals surface area contributed by atoms with Crippen LogP contribution in [0.3, 0.4) is 0 Å². The Labute approximate surface area is 222 Å². The summed E-state index contributed by atoms with van der Waals surface area (Å²) >= 11 is 6.02. The van der Waals surface area contributed by atoms with Crippen LogP contribution in [-0.4, -0.2) is 17.1 Å². The Bertz CT molecular complexity index is 934. The van der Waals surface area contributed by atoms with Crippen molar-refractivity contribution < 1.29 is 14.6 Å². The van der Waals surface area contributed by atoms with E-state index in [1.807, 2.05) is 6.07 Å². The van der Waals surface area contributed by atoms with Crippen LogP contribution in [0, 0.1) is 0 Å². The van der Waals surface area contributed by atoms with Crippen LogP contribution in [-0.2, 0) is 4.79 Å². The maximum Gasteiger partial charge on any atom is 0.265 e. The van der Waals surface area contributed by atoms with Crippen molar-refractivity contribution in [1.29, 1.82) is 0 Å². The highest BCUT2D eigenvalue weighted by Crippen LogP contribution is 2.32. The molecule has 2 aromatic carbocycles. The number of unbranched alkanes of at least 4 members (excludes halogenated alkanes) is 9. The zero-order valence-corrected chi connectivity index (χ0v) is 23.1. The van der Waals surface area contributed by atoms with E-state index in [-0.39, 0.29) is 17.6 Å². The number of halogens is 1. The number of nitrogens with one attached hydrogen (secondary N) is 1. The fraction of sp³-hybridized carbons (Fsp3) is 0.567. The lowest BCUT2D eigenvalue weighted by atomic mass is 9.97. The molecule has 0 saturated carbocycles. The quantitative estimate of drug-likeness (QED) is 0.145. The van der Waals surface area contributed by atoms with E-state index in [0.717, 1.165) is 24.8 Å². The van der Waals surface area contributed by atoms with Gasteiger partial charge in [0.05, 0.1) is 10.7 Å². The molecule has 0 saturated heterocycles. The Balaban J connectivity index is 1.97. The van der Waals surface area contributed by atoms with E-state index in [1.54, 1.807) is 30.3 Å². The highest BCUT2D eigenvalue weighted by atomic mass is 35.5. The Hall–Kier alpha value is -2.40. The van der Waals surface area contributed by atoms with Crippen molar-refractivity contribution in [2.45, 2.75) is 110 Å². The zero-order chi connectivity index (χ0) is 26.3. The van der Waals surface area contributed by atoms with Crippen LogP contribution in [0.5, 0.6) is 11.5 Å². The smallest absolute Gasteiger partial charge is 0.265 e. The molecular formula is C30H45ClN2O3. The van der Waals surface area contributed by atoms with E-state index in [4.69, 9.17) is 22.1 Å². The van der Waals surface area contributed by atoms with E-state index in [0.29, 0.717) is 28.6 Å². The molecule has 0 radical (unpaired) electrons. The summed E-state index contributed by atoms with van der Waals surface area (Å²) in [5.74, 6) is 0.820. The first-order valence-electron chi connectivity index (χ1n) is 13.7. The lowest BCUT2D eigenvalue weighted by Crippen LogP contribution is -2.33. The van der Waals surface area contributed by atoms with Gasteiger partial charge in [0.15, 0.2) is 6.10 Å². The first-order chi connectivity index (χ1) is 17.3. The number of benzene rings is 2. The van der Waals surface area contributed by atoms with Crippen molar-refractivity contribution in [2.24, 2.45) is 0 Å². The predicted octanol–water partition coefficient (Wildman–Crippen LogP) is 8.84. The monoisotopic (exact) mass is 516 g/mol. The number of phenolic OH excluding ortho intramolecular Hbond substituents is 1. The zero-order valence-electron chi connectivity index (χ0n) is 22.3. The minimum absolute atomic E-state index is 0.194. The van der Waals surface area contributed by atoms with Crippen LogP contribution in [0.15, 0.2) is 36.4 Å². The van der Waals surface area contributed by atoms with Crippen LogP contribution in [0.2, 0.25) is 5.02 Å². The van der Waals surface area contributed by atoms with Gasteiger partial charge in [-0.2, -0.15) is 0 Å². The molecule has 0 aliphatic rings. The van der Waals surface area contributed by atoms with Gasteiger partial charge < -0.3 is 20.9 Å². The molecule has 200 valence electrons. The average molecular weight is 517 g/mol. The number of aromatic hydroxyl groups is 1. The molecule has 0 bridgehead atoms. The summed E-state index contributed by atoms with van der Waals surface area (Å²) in [7, 11) is 0.